The molecule has 1 aromatic rings. The van der Waals surface area contributed by atoms with Crippen LogP contribution >= 0.6 is 0 Å². The first kappa shape index (κ1) is 15.0. The third-order valence-electron chi connectivity index (χ3n) is 3.96. The van der Waals surface area contributed by atoms with Crippen molar-refractivity contribution in [3.63, 3.8) is 0 Å². The number of carbonyl (C=O) groups is 1. The molecule has 0 aromatic heterocycles. The van der Waals surface area contributed by atoms with Gasteiger partial charge in [-0.05, 0) is 22.5 Å². The van der Waals surface area contributed by atoms with Crippen molar-refractivity contribution in [2.24, 2.45) is 5.92 Å². The van der Waals surface area contributed by atoms with E-state index in [1.807, 2.05) is 12.1 Å². The number of β-amino-alcohol motifs (C(OH)–C–C–N with tert-alkyl or cyclic N) is 1. The fourth-order valence-corrected chi connectivity index (χ4v) is 2.67. The van der Waals surface area contributed by atoms with E-state index in [1.165, 1.54) is 5.56 Å². The maximum atomic E-state index is 11.8. The summed E-state index contributed by atoms with van der Waals surface area (Å²) in [6.07, 6.45) is 0.00800. The van der Waals surface area contributed by atoms with Gasteiger partial charge < -0.3 is 10.0 Å². The molecule has 1 aromatic carbocycles. The third kappa shape index (κ3) is 3.40. The van der Waals surface area contributed by atoms with Crippen LogP contribution < -0.4 is 0 Å². The van der Waals surface area contributed by atoms with Gasteiger partial charge in [-0.2, -0.15) is 0 Å². The summed E-state index contributed by atoms with van der Waals surface area (Å²) < 4.78 is 0. The van der Waals surface area contributed by atoms with E-state index in [2.05, 4.69) is 39.8 Å². The molecule has 3 nitrogen and oxygen atoms in total. The van der Waals surface area contributed by atoms with Crippen LogP contribution in [-0.4, -0.2) is 29.0 Å². The number of hydrogen-bond acceptors (Lipinski definition) is 2. The molecular formula is C17H25NO2. The van der Waals surface area contributed by atoms with Crippen LogP contribution in [-0.2, 0) is 10.2 Å². The van der Waals surface area contributed by atoms with Crippen molar-refractivity contribution in [1.29, 1.82) is 0 Å². The van der Waals surface area contributed by atoms with Gasteiger partial charge in [-0.25, -0.2) is 0 Å². The first-order chi connectivity index (χ1) is 9.27. The van der Waals surface area contributed by atoms with Gasteiger partial charge in [0, 0.05) is 13.0 Å². The lowest BCUT2D eigenvalue weighted by Crippen LogP contribution is -2.30. The average molecular weight is 275 g/mol. The lowest BCUT2D eigenvalue weighted by Gasteiger charge is -2.22. The Bertz CT molecular complexity index is 473. The summed E-state index contributed by atoms with van der Waals surface area (Å²) in [6, 6.07) is 8.06. The molecule has 1 amide bonds. The molecule has 1 fully saturated rings. The highest BCUT2D eigenvalue weighted by Gasteiger charge is 2.28. The number of benzene rings is 1. The Hall–Kier alpha value is -1.35. The Labute approximate surface area is 121 Å². The van der Waals surface area contributed by atoms with Gasteiger partial charge in [-0.1, -0.05) is 52.0 Å². The van der Waals surface area contributed by atoms with Crippen molar-refractivity contribution < 1.29 is 9.90 Å². The lowest BCUT2D eigenvalue weighted by atomic mass is 9.86. The fourth-order valence-electron chi connectivity index (χ4n) is 2.67. The van der Waals surface area contributed by atoms with Crippen LogP contribution in [0.2, 0.25) is 0 Å². The average Bonchev–Trinajstić information content (AvgIpc) is 2.67. The second-order valence-corrected chi connectivity index (χ2v) is 7.00. The molecule has 1 aliphatic rings. The molecule has 110 valence electrons. The highest BCUT2D eigenvalue weighted by molar-refractivity contribution is 5.78. The van der Waals surface area contributed by atoms with E-state index in [4.69, 9.17) is 0 Å². The minimum atomic E-state index is -0.599. The summed E-state index contributed by atoms with van der Waals surface area (Å²) in [5.41, 5.74) is 2.24. The summed E-state index contributed by atoms with van der Waals surface area (Å²) >= 11 is 0. The number of rotatable bonds is 3. The van der Waals surface area contributed by atoms with E-state index in [9.17, 15) is 9.90 Å². The summed E-state index contributed by atoms with van der Waals surface area (Å²) in [4.78, 5) is 13.5. The van der Waals surface area contributed by atoms with Crippen LogP contribution in [0.15, 0.2) is 24.3 Å². The van der Waals surface area contributed by atoms with Gasteiger partial charge in [0.2, 0.25) is 5.91 Å². The highest BCUT2D eigenvalue weighted by Crippen LogP contribution is 2.25. The second kappa shape index (κ2) is 5.57. The Balaban J connectivity index is 2.03. The zero-order valence-corrected chi connectivity index (χ0v) is 12.9. The molecule has 2 rings (SSSR count). The van der Waals surface area contributed by atoms with Crippen LogP contribution in [0.1, 0.15) is 51.3 Å². The molecule has 1 N–H and O–H groups in total. The number of amides is 1. The topological polar surface area (TPSA) is 40.5 Å². The van der Waals surface area contributed by atoms with Gasteiger partial charge in [-0.15, -0.1) is 0 Å². The molecule has 1 heterocycles. The minimum absolute atomic E-state index is 0.115. The summed E-state index contributed by atoms with van der Waals surface area (Å²) in [5.74, 6) is 0.556. The van der Waals surface area contributed by atoms with E-state index >= 15 is 0 Å². The fraction of sp³-hybridized carbons (Fsp3) is 0.588. The van der Waals surface area contributed by atoms with Gasteiger partial charge in [0.25, 0.3) is 0 Å². The van der Waals surface area contributed by atoms with Gasteiger partial charge in [-0.3, -0.25) is 4.79 Å². The van der Waals surface area contributed by atoms with Crippen molar-refractivity contribution in [2.75, 3.05) is 13.1 Å². The quantitative estimate of drug-likeness (QED) is 0.921. The number of hydrogen-bond donors (Lipinski definition) is 1. The smallest absolute Gasteiger partial charge is 0.223 e. The molecule has 20 heavy (non-hydrogen) atoms. The Morgan fingerprint density at radius 3 is 2.35 bits per heavy atom. The van der Waals surface area contributed by atoms with Crippen LogP contribution in [0, 0.1) is 5.92 Å². The number of aliphatic hydroxyl groups excluding tert-OH is 1. The first-order valence-corrected chi connectivity index (χ1v) is 7.33. The molecule has 0 aliphatic carbocycles. The molecule has 0 spiro atoms. The van der Waals surface area contributed by atoms with E-state index in [1.54, 1.807) is 4.90 Å². The highest BCUT2D eigenvalue weighted by atomic mass is 16.3. The SMILES string of the molecule is CC1CC(=O)N(CC(O)c2ccc(C(C)(C)C)cc2)C1. The van der Waals surface area contributed by atoms with E-state index in [0.29, 0.717) is 18.9 Å². The molecule has 0 saturated carbocycles. The normalized spacial score (nSPS) is 21.4. The lowest BCUT2D eigenvalue weighted by molar-refractivity contribution is -0.128. The van der Waals surface area contributed by atoms with Crippen molar-refractivity contribution in [3.05, 3.63) is 35.4 Å². The molecule has 0 radical (unpaired) electrons. The predicted molar refractivity (Wildman–Crippen MR) is 80.5 cm³/mol. The van der Waals surface area contributed by atoms with Crippen LogP contribution in [0.25, 0.3) is 0 Å². The van der Waals surface area contributed by atoms with Crippen molar-refractivity contribution in [1.82, 2.24) is 4.90 Å². The molecule has 0 bridgehead atoms. The van der Waals surface area contributed by atoms with E-state index in [0.717, 1.165) is 12.1 Å². The Morgan fingerprint density at radius 2 is 1.90 bits per heavy atom. The molecular weight excluding hydrogens is 250 g/mol. The Kier molecular flexibility index (Phi) is 4.19. The van der Waals surface area contributed by atoms with Crippen molar-refractivity contribution in [2.45, 2.75) is 45.6 Å². The number of aliphatic hydroxyl groups is 1. The molecule has 1 aliphatic heterocycles. The van der Waals surface area contributed by atoms with Gasteiger partial charge in [0.1, 0.15) is 0 Å². The maximum Gasteiger partial charge on any atom is 0.223 e. The molecule has 2 unspecified atom stereocenters. The zero-order valence-electron chi connectivity index (χ0n) is 12.9. The van der Waals surface area contributed by atoms with Gasteiger partial charge >= 0.3 is 0 Å². The predicted octanol–water partition coefficient (Wildman–Crippen LogP) is 2.89. The van der Waals surface area contributed by atoms with Gasteiger partial charge in [0.15, 0.2) is 0 Å². The number of nitrogens with zero attached hydrogens (tertiary/aromatic N) is 1. The monoisotopic (exact) mass is 275 g/mol. The zero-order chi connectivity index (χ0) is 14.9. The van der Waals surface area contributed by atoms with E-state index < -0.39 is 6.10 Å². The summed E-state index contributed by atoms with van der Waals surface area (Å²) in [6.45, 7) is 9.74. The molecule has 2 atom stereocenters. The largest absolute Gasteiger partial charge is 0.387 e. The standard InChI is InChI=1S/C17H25NO2/c1-12-9-16(20)18(10-12)11-15(19)13-5-7-14(8-6-13)17(2,3)4/h5-8,12,15,19H,9-11H2,1-4H3. The first-order valence-electron chi connectivity index (χ1n) is 7.33. The van der Waals surface area contributed by atoms with Crippen molar-refractivity contribution in [3.8, 4) is 0 Å². The minimum Gasteiger partial charge on any atom is -0.387 e. The second-order valence-electron chi connectivity index (χ2n) is 7.00. The van der Waals surface area contributed by atoms with Crippen LogP contribution in [0.4, 0.5) is 0 Å². The summed E-state index contributed by atoms with van der Waals surface area (Å²) in [7, 11) is 0. The number of likely N-dealkylation sites (tertiary alicyclic amines) is 1. The van der Waals surface area contributed by atoms with Gasteiger partial charge in [0.05, 0.1) is 12.6 Å². The molecule has 1 saturated heterocycles. The van der Waals surface area contributed by atoms with E-state index in [-0.39, 0.29) is 11.3 Å². The maximum absolute atomic E-state index is 11.8. The Morgan fingerprint density at radius 1 is 1.30 bits per heavy atom. The van der Waals surface area contributed by atoms with Crippen LogP contribution in [0.3, 0.4) is 0 Å². The third-order valence-corrected chi connectivity index (χ3v) is 3.96. The van der Waals surface area contributed by atoms with Crippen molar-refractivity contribution >= 4 is 5.91 Å². The number of carbonyl (C=O) groups excluding carboxylic acids is 1. The molecule has 3 heteroatoms. The van der Waals surface area contributed by atoms with Crippen LogP contribution in [0.5, 0.6) is 0 Å². The summed E-state index contributed by atoms with van der Waals surface area (Å²) in [5, 5.41) is 10.3.